The number of thiophene rings is 1. The van der Waals surface area contributed by atoms with Crippen molar-refractivity contribution in [2.75, 3.05) is 6.54 Å². The SMILES string of the molecule is CCC(N)(CC)CNS(=O)(=O)c1cc(C)c(Br)s1.Cl. The maximum Gasteiger partial charge on any atom is 0.250 e. The molecule has 0 aliphatic carbocycles. The van der Waals surface area contributed by atoms with E-state index < -0.39 is 15.6 Å². The van der Waals surface area contributed by atoms with E-state index in [4.69, 9.17) is 5.73 Å². The van der Waals surface area contributed by atoms with Gasteiger partial charge in [-0.1, -0.05) is 13.8 Å². The van der Waals surface area contributed by atoms with Gasteiger partial charge in [-0.2, -0.15) is 0 Å². The Labute approximate surface area is 133 Å². The van der Waals surface area contributed by atoms with Crippen molar-refractivity contribution >= 4 is 49.7 Å². The van der Waals surface area contributed by atoms with Crippen LogP contribution in [0.25, 0.3) is 0 Å². The van der Waals surface area contributed by atoms with Gasteiger partial charge in [-0.15, -0.1) is 23.7 Å². The highest BCUT2D eigenvalue weighted by atomic mass is 79.9. The van der Waals surface area contributed by atoms with E-state index in [0.29, 0.717) is 4.21 Å². The largest absolute Gasteiger partial charge is 0.324 e. The van der Waals surface area contributed by atoms with E-state index in [-0.39, 0.29) is 19.0 Å². The third kappa shape index (κ3) is 4.99. The van der Waals surface area contributed by atoms with Crippen molar-refractivity contribution in [3.8, 4) is 0 Å². The molecule has 0 atom stereocenters. The second-order valence-corrected chi connectivity index (χ2v) is 8.78. The zero-order valence-electron chi connectivity index (χ0n) is 11.2. The molecule has 1 heterocycles. The van der Waals surface area contributed by atoms with Gasteiger partial charge in [0.2, 0.25) is 10.0 Å². The van der Waals surface area contributed by atoms with Crippen LogP contribution in [0, 0.1) is 6.92 Å². The summed E-state index contributed by atoms with van der Waals surface area (Å²) >= 11 is 4.54. The van der Waals surface area contributed by atoms with Crippen LogP contribution in [-0.2, 0) is 10.0 Å². The van der Waals surface area contributed by atoms with Gasteiger partial charge in [-0.3, -0.25) is 0 Å². The molecule has 0 amide bonds. The molecule has 4 nitrogen and oxygen atoms in total. The fourth-order valence-corrected chi connectivity index (χ4v) is 4.78. The van der Waals surface area contributed by atoms with Crippen molar-refractivity contribution in [1.29, 1.82) is 0 Å². The van der Waals surface area contributed by atoms with Crippen LogP contribution in [0.15, 0.2) is 14.1 Å². The zero-order chi connectivity index (χ0) is 14.0. The van der Waals surface area contributed by atoms with Gasteiger partial charge in [-0.25, -0.2) is 13.1 Å². The zero-order valence-corrected chi connectivity index (χ0v) is 15.2. The van der Waals surface area contributed by atoms with Gasteiger partial charge < -0.3 is 5.73 Å². The van der Waals surface area contributed by atoms with Crippen LogP contribution in [0.3, 0.4) is 0 Å². The highest BCUT2D eigenvalue weighted by molar-refractivity contribution is 9.11. The average Bonchev–Trinajstić information content (AvgIpc) is 2.68. The topological polar surface area (TPSA) is 72.2 Å². The van der Waals surface area contributed by atoms with Gasteiger partial charge in [0.05, 0.1) is 3.79 Å². The molecule has 112 valence electrons. The van der Waals surface area contributed by atoms with Crippen LogP contribution in [0.4, 0.5) is 0 Å². The molecule has 3 N–H and O–H groups in total. The third-order valence-corrected chi connectivity index (χ3v) is 7.13. The third-order valence-electron chi connectivity index (χ3n) is 3.12. The maximum atomic E-state index is 12.1. The molecule has 0 aromatic carbocycles. The van der Waals surface area contributed by atoms with Crippen molar-refractivity contribution in [2.24, 2.45) is 5.73 Å². The quantitative estimate of drug-likeness (QED) is 0.783. The molecular formula is C11H20BrClN2O2S2. The highest BCUT2D eigenvalue weighted by Gasteiger charge is 2.25. The van der Waals surface area contributed by atoms with E-state index in [9.17, 15) is 8.42 Å². The summed E-state index contributed by atoms with van der Waals surface area (Å²) in [5.74, 6) is 0. The summed E-state index contributed by atoms with van der Waals surface area (Å²) in [6.45, 7) is 6.05. The minimum absolute atomic E-state index is 0. The van der Waals surface area contributed by atoms with Crippen LogP contribution < -0.4 is 10.5 Å². The highest BCUT2D eigenvalue weighted by Crippen LogP contribution is 2.30. The Morgan fingerprint density at radius 2 is 1.95 bits per heavy atom. The van der Waals surface area contributed by atoms with E-state index in [0.717, 1.165) is 22.2 Å². The van der Waals surface area contributed by atoms with Crippen molar-refractivity contribution in [2.45, 2.75) is 43.4 Å². The van der Waals surface area contributed by atoms with Crippen molar-refractivity contribution < 1.29 is 8.42 Å². The van der Waals surface area contributed by atoms with Gasteiger partial charge in [0.1, 0.15) is 4.21 Å². The fourth-order valence-electron chi connectivity index (χ4n) is 1.37. The van der Waals surface area contributed by atoms with E-state index in [1.807, 2.05) is 20.8 Å². The number of nitrogens with one attached hydrogen (secondary N) is 1. The molecular weight excluding hydrogens is 372 g/mol. The Balaban J connectivity index is 0.00000324. The number of hydrogen-bond acceptors (Lipinski definition) is 4. The molecule has 1 aromatic heterocycles. The number of rotatable bonds is 6. The van der Waals surface area contributed by atoms with Crippen LogP contribution in [-0.4, -0.2) is 20.5 Å². The molecule has 1 aromatic rings. The Hall–Kier alpha value is 0.340. The normalized spacial score (nSPS) is 12.3. The molecule has 0 aliphatic heterocycles. The minimum Gasteiger partial charge on any atom is -0.324 e. The standard InChI is InChI=1S/C11H19BrN2O2S2.ClH/c1-4-11(13,5-2)7-14-18(15,16)9-6-8(3)10(12)17-9;/h6,14H,4-5,7,13H2,1-3H3;1H. The molecule has 8 heteroatoms. The first-order valence-corrected chi connectivity index (χ1v) is 8.88. The molecule has 19 heavy (non-hydrogen) atoms. The summed E-state index contributed by atoms with van der Waals surface area (Å²) in [4.78, 5) is 0. The molecule has 0 spiro atoms. The van der Waals surface area contributed by atoms with E-state index in [2.05, 4.69) is 20.7 Å². The Kier molecular flexibility index (Phi) is 7.51. The van der Waals surface area contributed by atoms with Crippen molar-refractivity contribution in [3.63, 3.8) is 0 Å². The number of aryl methyl sites for hydroxylation is 1. The smallest absolute Gasteiger partial charge is 0.250 e. The second kappa shape index (κ2) is 7.38. The molecule has 0 aliphatic rings. The summed E-state index contributed by atoms with van der Waals surface area (Å²) in [5, 5.41) is 0. The number of hydrogen-bond donors (Lipinski definition) is 2. The maximum absolute atomic E-state index is 12.1. The lowest BCUT2D eigenvalue weighted by atomic mass is 9.95. The predicted molar refractivity (Wildman–Crippen MR) is 86.7 cm³/mol. The average molecular weight is 392 g/mol. The summed E-state index contributed by atoms with van der Waals surface area (Å²) in [7, 11) is -3.46. The van der Waals surface area contributed by atoms with Gasteiger partial charge >= 0.3 is 0 Å². The van der Waals surface area contributed by atoms with E-state index >= 15 is 0 Å². The van der Waals surface area contributed by atoms with Gasteiger partial charge in [0, 0.05) is 12.1 Å². The molecule has 0 radical (unpaired) electrons. The first kappa shape index (κ1) is 19.3. The monoisotopic (exact) mass is 390 g/mol. The second-order valence-electron chi connectivity index (χ2n) is 4.42. The summed E-state index contributed by atoms with van der Waals surface area (Å²) in [6, 6.07) is 1.66. The summed E-state index contributed by atoms with van der Waals surface area (Å²) < 4.78 is 28.0. The molecule has 1 rings (SSSR count). The van der Waals surface area contributed by atoms with Gasteiger partial charge in [0.15, 0.2) is 0 Å². The van der Waals surface area contributed by atoms with E-state index in [1.54, 1.807) is 6.07 Å². The lowest BCUT2D eigenvalue weighted by Crippen LogP contribution is -2.49. The Morgan fingerprint density at radius 3 is 2.32 bits per heavy atom. The van der Waals surface area contributed by atoms with Crippen molar-refractivity contribution in [3.05, 3.63) is 15.4 Å². The van der Waals surface area contributed by atoms with Crippen LogP contribution in [0.2, 0.25) is 0 Å². The number of halogens is 2. The molecule has 0 unspecified atom stereocenters. The van der Waals surface area contributed by atoms with Gasteiger partial charge in [-0.05, 0) is 47.3 Å². The first-order chi connectivity index (χ1) is 8.24. The Bertz CT molecular complexity index is 493. The lowest BCUT2D eigenvalue weighted by Gasteiger charge is -2.26. The van der Waals surface area contributed by atoms with Gasteiger partial charge in [0.25, 0.3) is 0 Å². The number of sulfonamides is 1. The minimum atomic E-state index is -3.46. The first-order valence-electron chi connectivity index (χ1n) is 5.78. The number of nitrogens with two attached hydrogens (primary N) is 1. The van der Waals surface area contributed by atoms with Crippen molar-refractivity contribution in [1.82, 2.24) is 4.72 Å². The summed E-state index contributed by atoms with van der Waals surface area (Å²) in [5.41, 5.74) is 6.53. The summed E-state index contributed by atoms with van der Waals surface area (Å²) in [6.07, 6.45) is 1.47. The predicted octanol–water partition coefficient (Wildman–Crippen LogP) is 3.04. The molecule has 0 saturated carbocycles. The fraction of sp³-hybridized carbons (Fsp3) is 0.636. The molecule has 0 fully saturated rings. The van der Waals surface area contributed by atoms with Crippen LogP contribution >= 0.6 is 39.7 Å². The molecule has 0 saturated heterocycles. The lowest BCUT2D eigenvalue weighted by molar-refractivity contribution is 0.392. The molecule has 0 bridgehead atoms. The van der Waals surface area contributed by atoms with E-state index in [1.165, 1.54) is 11.3 Å². The van der Waals surface area contributed by atoms with Crippen LogP contribution in [0.1, 0.15) is 32.3 Å². The van der Waals surface area contributed by atoms with Crippen LogP contribution in [0.5, 0.6) is 0 Å². The Morgan fingerprint density at radius 1 is 1.42 bits per heavy atom.